The molecule has 0 aromatic heterocycles. The van der Waals surface area contributed by atoms with E-state index in [1.165, 1.54) is 5.56 Å². The topological polar surface area (TPSA) is 21.3 Å². The second-order valence-corrected chi connectivity index (χ2v) is 4.25. The Balaban J connectivity index is 2.40. The molecule has 1 aromatic carbocycles. The highest BCUT2D eigenvalue weighted by atomic mass is 16.5. The fourth-order valence-electron chi connectivity index (χ4n) is 1.68. The molecule has 16 heavy (non-hydrogen) atoms. The fraction of sp³-hybridized carbons (Fsp3) is 0.571. The van der Waals surface area contributed by atoms with Crippen LogP contribution >= 0.6 is 0 Å². The van der Waals surface area contributed by atoms with Gasteiger partial charge in [0.1, 0.15) is 5.75 Å². The van der Waals surface area contributed by atoms with E-state index < -0.39 is 0 Å². The van der Waals surface area contributed by atoms with E-state index in [4.69, 9.17) is 4.74 Å². The molecule has 1 N–H and O–H groups in total. The van der Waals surface area contributed by atoms with Crippen LogP contribution in [0.15, 0.2) is 24.3 Å². The number of aryl methyl sites for hydroxylation is 1. The number of ether oxygens (including phenoxy) is 1. The SMILES string of the molecule is CCOc1ccccc1CCCNC(C)C. The Bertz CT molecular complexity index is 297. The summed E-state index contributed by atoms with van der Waals surface area (Å²) in [6.45, 7) is 8.18. The van der Waals surface area contributed by atoms with Crippen molar-refractivity contribution in [2.45, 2.75) is 39.7 Å². The van der Waals surface area contributed by atoms with Gasteiger partial charge in [0.05, 0.1) is 6.61 Å². The van der Waals surface area contributed by atoms with Crippen molar-refractivity contribution in [3.05, 3.63) is 29.8 Å². The number of hydrogen-bond donors (Lipinski definition) is 1. The molecule has 90 valence electrons. The van der Waals surface area contributed by atoms with Crippen LogP contribution in [-0.4, -0.2) is 19.2 Å². The van der Waals surface area contributed by atoms with Gasteiger partial charge in [-0.2, -0.15) is 0 Å². The van der Waals surface area contributed by atoms with Gasteiger partial charge in [-0.25, -0.2) is 0 Å². The van der Waals surface area contributed by atoms with Crippen molar-refractivity contribution in [2.75, 3.05) is 13.2 Å². The monoisotopic (exact) mass is 221 g/mol. The molecule has 1 rings (SSSR count). The molecule has 2 nitrogen and oxygen atoms in total. The van der Waals surface area contributed by atoms with Gasteiger partial charge in [0.25, 0.3) is 0 Å². The summed E-state index contributed by atoms with van der Waals surface area (Å²) >= 11 is 0. The van der Waals surface area contributed by atoms with Gasteiger partial charge >= 0.3 is 0 Å². The third-order valence-corrected chi connectivity index (χ3v) is 2.45. The van der Waals surface area contributed by atoms with E-state index in [9.17, 15) is 0 Å². The molecule has 0 aliphatic carbocycles. The molecular formula is C14H23NO. The maximum atomic E-state index is 5.59. The average molecular weight is 221 g/mol. The van der Waals surface area contributed by atoms with Gasteiger partial charge in [-0.1, -0.05) is 32.0 Å². The van der Waals surface area contributed by atoms with Crippen molar-refractivity contribution in [1.82, 2.24) is 5.32 Å². The van der Waals surface area contributed by atoms with Gasteiger partial charge in [-0.05, 0) is 37.9 Å². The summed E-state index contributed by atoms with van der Waals surface area (Å²) in [5.41, 5.74) is 1.31. The molecule has 0 saturated carbocycles. The van der Waals surface area contributed by atoms with E-state index in [0.717, 1.165) is 31.7 Å². The molecule has 0 radical (unpaired) electrons. The first-order valence-corrected chi connectivity index (χ1v) is 6.18. The summed E-state index contributed by atoms with van der Waals surface area (Å²) in [5, 5.41) is 3.43. The molecular weight excluding hydrogens is 198 g/mol. The molecule has 0 saturated heterocycles. The Kier molecular flexibility index (Phi) is 5.94. The Labute approximate surface area is 99.0 Å². The van der Waals surface area contributed by atoms with Crippen molar-refractivity contribution in [1.29, 1.82) is 0 Å². The van der Waals surface area contributed by atoms with Crippen molar-refractivity contribution in [2.24, 2.45) is 0 Å². The molecule has 0 aliphatic rings. The standard InChI is InChI=1S/C14H23NO/c1-4-16-14-10-6-5-8-13(14)9-7-11-15-12(2)3/h5-6,8,10,12,15H,4,7,9,11H2,1-3H3. The highest BCUT2D eigenvalue weighted by Gasteiger charge is 2.01. The van der Waals surface area contributed by atoms with Crippen LogP contribution in [0.2, 0.25) is 0 Å². The number of nitrogens with one attached hydrogen (secondary N) is 1. The lowest BCUT2D eigenvalue weighted by Crippen LogP contribution is -2.23. The predicted molar refractivity (Wildman–Crippen MR) is 69.1 cm³/mol. The lowest BCUT2D eigenvalue weighted by Gasteiger charge is -2.11. The molecule has 0 atom stereocenters. The minimum atomic E-state index is 0.571. The summed E-state index contributed by atoms with van der Waals surface area (Å²) in [6.07, 6.45) is 2.23. The van der Waals surface area contributed by atoms with Gasteiger partial charge in [-0.3, -0.25) is 0 Å². The Hall–Kier alpha value is -1.02. The van der Waals surface area contributed by atoms with Crippen LogP contribution < -0.4 is 10.1 Å². The summed E-state index contributed by atoms with van der Waals surface area (Å²) in [5.74, 6) is 1.04. The minimum Gasteiger partial charge on any atom is -0.494 e. The van der Waals surface area contributed by atoms with Crippen molar-refractivity contribution >= 4 is 0 Å². The Morgan fingerprint density at radius 1 is 1.25 bits per heavy atom. The highest BCUT2D eigenvalue weighted by Crippen LogP contribution is 2.19. The average Bonchev–Trinajstić information content (AvgIpc) is 2.26. The van der Waals surface area contributed by atoms with Gasteiger partial charge in [0.2, 0.25) is 0 Å². The zero-order valence-electron chi connectivity index (χ0n) is 10.6. The van der Waals surface area contributed by atoms with Gasteiger partial charge in [-0.15, -0.1) is 0 Å². The van der Waals surface area contributed by atoms with Crippen LogP contribution in [-0.2, 0) is 6.42 Å². The normalized spacial score (nSPS) is 10.8. The van der Waals surface area contributed by atoms with Crippen LogP contribution in [0.1, 0.15) is 32.8 Å². The second-order valence-electron chi connectivity index (χ2n) is 4.25. The summed E-state index contributed by atoms with van der Waals surface area (Å²) in [6, 6.07) is 8.88. The molecule has 0 unspecified atom stereocenters. The summed E-state index contributed by atoms with van der Waals surface area (Å²) in [4.78, 5) is 0. The van der Waals surface area contributed by atoms with Gasteiger partial charge in [0, 0.05) is 6.04 Å². The zero-order chi connectivity index (χ0) is 11.8. The minimum absolute atomic E-state index is 0.571. The van der Waals surface area contributed by atoms with Crippen molar-refractivity contribution < 1.29 is 4.74 Å². The first kappa shape index (κ1) is 13.0. The molecule has 1 aromatic rings. The maximum absolute atomic E-state index is 5.59. The number of para-hydroxylation sites is 1. The van der Waals surface area contributed by atoms with E-state index in [0.29, 0.717) is 6.04 Å². The number of hydrogen-bond acceptors (Lipinski definition) is 2. The van der Waals surface area contributed by atoms with Gasteiger partial charge in [0.15, 0.2) is 0 Å². The first-order chi connectivity index (χ1) is 7.74. The van der Waals surface area contributed by atoms with E-state index in [1.54, 1.807) is 0 Å². The lowest BCUT2D eigenvalue weighted by molar-refractivity contribution is 0.336. The molecule has 0 aliphatic heterocycles. The van der Waals surface area contributed by atoms with Crippen LogP contribution in [0.4, 0.5) is 0 Å². The lowest BCUT2D eigenvalue weighted by atomic mass is 10.1. The maximum Gasteiger partial charge on any atom is 0.122 e. The van der Waals surface area contributed by atoms with E-state index in [2.05, 4.69) is 37.4 Å². The smallest absolute Gasteiger partial charge is 0.122 e. The Morgan fingerprint density at radius 2 is 2.00 bits per heavy atom. The van der Waals surface area contributed by atoms with Crippen molar-refractivity contribution in [3.63, 3.8) is 0 Å². The van der Waals surface area contributed by atoms with Crippen molar-refractivity contribution in [3.8, 4) is 5.75 Å². The molecule has 0 fully saturated rings. The molecule has 0 heterocycles. The first-order valence-electron chi connectivity index (χ1n) is 6.18. The second kappa shape index (κ2) is 7.29. The zero-order valence-corrected chi connectivity index (χ0v) is 10.6. The number of benzene rings is 1. The molecule has 0 amide bonds. The van der Waals surface area contributed by atoms with Crippen LogP contribution in [0.25, 0.3) is 0 Å². The van der Waals surface area contributed by atoms with Crippen LogP contribution in [0.3, 0.4) is 0 Å². The van der Waals surface area contributed by atoms with E-state index in [-0.39, 0.29) is 0 Å². The van der Waals surface area contributed by atoms with E-state index in [1.807, 2.05) is 13.0 Å². The van der Waals surface area contributed by atoms with E-state index >= 15 is 0 Å². The third-order valence-electron chi connectivity index (χ3n) is 2.45. The quantitative estimate of drug-likeness (QED) is 0.715. The Morgan fingerprint density at radius 3 is 2.69 bits per heavy atom. The highest BCUT2D eigenvalue weighted by molar-refractivity contribution is 5.33. The predicted octanol–water partition coefficient (Wildman–Crippen LogP) is 3.02. The number of rotatable bonds is 7. The van der Waals surface area contributed by atoms with Crippen LogP contribution in [0, 0.1) is 0 Å². The molecule has 2 heteroatoms. The van der Waals surface area contributed by atoms with Gasteiger partial charge < -0.3 is 10.1 Å². The molecule has 0 bridgehead atoms. The largest absolute Gasteiger partial charge is 0.494 e. The third kappa shape index (κ3) is 4.67. The van der Waals surface area contributed by atoms with Crippen LogP contribution in [0.5, 0.6) is 5.75 Å². The summed E-state index contributed by atoms with van der Waals surface area (Å²) < 4.78 is 5.59. The fourth-order valence-corrected chi connectivity index (χ4v) is 1.68. The molecule has 0 spiro atoms. The summed E-state index contributed by atoms with van der Waals surface area (Å²) in [7, 11) is 0.